The van der Waals surface area contributed by atoms with Gasteiger partial charge in [-0.15, -0.1) is 0 Å². The van der Waals surface area contributed by atoms with Crippen LogP contribution in [0.5, 0.6) is 0 Å². The van der Waals surface area contributed by atoms with Crippen molar-refractivity contribution < 1.29 is 0 Å². The summed E-state index contributed by atoms with van der Waals surface area (Å²) in [6.45, 7) is 1.69. The van der Waals surface area contributed by atoms with E-state index in [1.54, 1.807) is 16.9 Å². The van der Waals surface area contributed by atoms with Gasteiger partial charge >= 0.3 is 0 Å². The van der Waals surface area contributed by atoms with E-state index in [1.807, 2.05) is 17.0 Å². The zero-order chi connectivity index (χ0) is 11.8. The minimum absolute atomic E-state index is 0.0572. The highest BCUT2D eigenvalue weighted by atomic mass is 32.2. The molecule has 3 rings (SSSR count). The number of rotatable bonds is 2. The molecule has 88 valence electrons. The average Bonchev–Trinajstić information content (AvgIpc) is 2.94. The lowest BCUT2D eigenvalue weighted by Crippen LogP contribution is -2.15. The summed E-state index contributed by atoms with van der Waals surface area (Å²) in [6.07, 6.45) is 4.69. The van der Waals surface area contributed by atoms with Crippen LogP contribution in [0.25, 0.3) is 11.4 Å². The molecule has 2 aromatic heterocycles. The minimum atomic E-state index is 0.0572. The summed E-state index contributed by atoms with van der Waals surface area (Å²) < 4.78 is 3.78. The van der Waals surface area contributed by atoms with E-state index in [-0.39, 0.29) is 5.56 Å². The third-order valence-corrected chi connectivity index (χ3v) is 3.46. The number of thioether (sulfide) groups is 1. The van der Waals surface area contributed by atoms with Crippen LogP contribution < -0.4 is 5.56 Å². The smallest absolute Gasteiger partial charge is 0.267 e. The molecule has 2 aromatic rings. The molecule has 0 saturated carbocycles. The molecule has 3 heterocycles. The SMILES string of the molecule is CSc1nccc(-c2cc(=O)n3n2CCC3)n1. The molecule has 0 bridgehead atoms. The third kappa shape index (κ3) is 1.68. The zero-order valence-electron chi connectivity index (χ0n) is 9.46. The van der Waals surface area contributed by atoms with Gasteiger partial charge in [0.2, 0.25) is 0 Å². The Kier molecular flexibility index (Phi) is 2.51. The second-order valence-electron chi connectivity index (χ2n) is 3.90. The van der Waals surface area contributed by atoms with Crippen LogP contribution in [0.2, 0.25) is 0 Å². The van der Waals surface area contributed by atoms with Gasteiger partial charge in [0.15, 0.2) is 5.16 Å². The molecule has 0 unspecified atom stereocenters. The maximum absolute atomic E-state index is 11.8. The molecule has 1 aliphatic rings. The lowest BCUT2D eigenvalue weighted by molar-refractivity contribution is 0.598. The summed E-state index contributed by atoms with van der Waals surface area (Å²) in [5.74, 6) is 0. The van der Waals surface area contributed by atoms with Crippen molar-refractivity contribution in [1.29, 1.82) is 0 Å². The van der Waals surface area contributed by atoms with E-state index >= 15 is 0 Å². The standard InChI is InChI=1S/C11H12N4OS/c1-17-11-12-4-3-8(13-11)9-7-10(16)15-6-2-5-14(9)15/h3-4,7H,2,5-6H2,1H3. The van der Waals surface area contributed by atoms with Gasteiger partial charge in [-0.25, -0.2) is 9.97 Å². The van der Waals surface area contributed by atoms with E-state index in [4.69, 9.17) is 0 Å². The Labute approximate surface area is 102 Å². The van der Waals surface area contributed by atoms with Gasteiger partial charge < -0.3 is 0 Å². The Hall–Kier alpha value is -1.56. The largest absolute Gasteiger partial charge is 0.280 e. The van der Waals surface area contributed by atoms with E-state index < -0.39 is 0 Å². The van der Waals surface area contributed by atoms with E-state index in [2.05, 4.69) is 9.97 Å². The summed E-state index contributed by atoms with van der Waals surface area (Å²) in [5.41, 5.74) is 1.77. The Morgan fingerprint density at radius 2 is 2.18 bits per heavy atom. The second-order valence-corrected chi connectivity index (χ2v) is 4.67. The first-order valence-electron chi connectivity index (χ1n) is 5.47. The van der Waals surface area contributed by atoms with Gasteiger partial charge in [-0.2, -0.15) is 0 Å². The van der Waals surface area contributed by atoms with Crippen LogP contribution in [0.15, 0.2) is 28.3 Å². The number of hydrogen-bond donors (Lipinski definition) is 0. The summed E-state index contributed by atoms with van der Waals surface area (Å²) in [4.78, 5) is 20.3. The average molecular weight is 248 g/mol. The molecule has 0 amide bonds. The lowest BCUT2D eigenvalue weighted by Gasteiger charge is -2.05. The number of aromatic nitrogens is 4. The predicted octanol–water partition coefficient (Wildman–Crippen LogP) is 1.23. The Morgan fingerprint density at radius 1 is 1.35 bits per heavy atom. The van der Waals surface area contributed by atoms with Crippen molar-refractivity contribution >= 4 is 11.8 Å². The molecule has 0 saturated heterocycles. The molecule has 0 aliphatic carbocycles. The normalized spacial score (nSPS) is 13.9. The van der Waals surface area contributed by atoms with Crippen molar-refractivity contribution in [3.05, 3.63) is 28.7 Å². The van der Waals surface area contributed by atoms with E-state index in [0.717, 1.165) is 36.1 Å². The topological polar surface area (TPSA) is 52.7 Å². The number of fused-ring (bicyclic) bond motifs is 1. The summed E-state index contributed by atoms with van der Waals surface area (Å²) in [6, 6.07) is 3.51. The van der Waals surface area contributed by atoms with Gasteiger partial charge in [0, 0.05) is 25.4 Å². The van der Waals surface area contributed by atoms with Gasteiger partial charge in [0.05, 0.1) is 11.4 Å². The van der Waals surface area contributed by atoms with E-state index in [0.29, 0.717) is 0 Å². The first kappa shape index (κ1) is 10.6. The fourth-order valence-corrected chi connectivity index (χ4v) is 2.50. The van der Waals surface area contributed by atoms with Crippen molar-refractivity contribution in [3.8, 4) is 11.4 Å². The molecule has 17 heavy (non-hydrogen) atoms. The van der Waals surface area contributed by atoms with Crippen molar-refractivity contribution in [1.82, 2.24) is 19.3 Å². The van der Waals surface area contributed by atoms with Crippen molar-refractivity contribution in [2.45, 2.75) is 24.7 Å². The van der Waals surface area contributed by atoms with Gasteiger partial charge in [-0.1, -0.05) is 11.8 Å². The summed E-state index contributed by atoms with van der Waals surface area (Å²) in [7, 11) is 0. The van der Waals surface area contributed by atoms with Gasteiger partial charge in [-0.3, -0.25) is 14.2 Å². The number of hydrogen-bond acceptors (Lipinski definition) is 4. The molecule has 6 heteroatoms. The van der Waals surface area contributed by atoms with Gasteiger partial charge in [0.25, 0.3) is 5.56 Å². The second kappa shape index (κ2) is 4.03. The quantitative estimate of drug-likeness (QED) is 0.592. The highest BCUT2D eigenvalue weighted by Gasteiger charge is 2.18. The van der Waals surface area contributed by atoms with E-state index in [1.165, 1.54) is 11.8 Å². The Morgan fingerprint density at radius 3 is 3.00 bits per heavy atom. The molecule has 0 radical (unpaired) electrons. The predicted molar refractivity (Wildman–Crippen MR) is 66.1 cm³/mol. The summed E-state index contributed by atoms with van der Waals surface area (Å²) in [5, 5.41) is 0.730. The fourth-order valence-electron chi connectivity index (χ4n) is 2.15. The molecule has 1 aliphatic heterocycles. The first-order chi connectivity index (χ1) is 8.29. The zero-order valence-corrected chi connectivity index (χ0v) is 10.3. The minimum Gasteiger partial charge on any atom is -0.280 e. The monoisotopic (exact) mass is 248 g/mol. The number of nitrogens with zero attached hydrogens (tertiary/aromatic N) is 4. The lowest BCUT2D eigenvalue weighted by atomic mass is 10.3. The van der Waals surface area contributed by atoms with Gasteiger partial charge in [-0.05, 0) is 18.7 Å². The fraction of sp³-hybridized carbons (Fsp3) is 0.364. The maximum atomic E-state index is 11.8. The van der Waals surface area contributed by atoms with Crippen LogP contribution in [-0.2, 0) is 13.1 Å². The maximum Gasteiger partial charge on any atom is 0.267 e. The molecule has 0 atom stereocenters. The highest BCUT2D eigenvalue weighted by Crippen LogP contribution is 2.20. The summed E-state index contributed by atoms with van der Waals surface area (Å²) >= 11 is 1.50. The first-order valence-corrected chi connectivity index (χ1v) is 6.70. The molecule has 5 nitrogen and oxygen atoms in total. The Bertz CT molecular complexity index is 616. The molecule has 0 aromatic carbocycles. The van der Waals surface area contributed by atoms with Crippen LogP contribution in [0, 0.1) is 0 Å². The molecule has 0 spiro atoms. The third-order valence-electron chi connectivity index (χ3n) is 2.90. The molecule has 0 fully saturated rings. The molecular formula is C11H12N4OS. The van der Waals surface area contributed by atoms with Crippen LogP contribution in [0.4, 0.5) is 0 Å². The molecule has 0 N–H and O–H groups in total. The van der Waals surface area contributed by atoms with Crippen LogP contribution in [0.3, 0.4) is 0 Å². The Balaban J connectivity index is 2.15. The van der Waals surface area contributed by atoms with Crippen LogP contribution in [-0.4, -0.2) is 25.6 Å². The van der Waals surface area contributed by atoms with Gasteiger partial charge in [0.1, 0.15) is 0 Å². The van der Waals surface area contributed by atoms with Crippen molar-refractivity contribution in [3.63, 3.8) is 0 Å². The van der Waals surface area contributed by atoms with Crippen LogP contribution in [0.1, 0.15) is 6.42 Å². The van der Waals surface area contributed by atoms with Crippen molar-refractivity contribution in [2.24, 2.45) is 0 Å². The van der Waals surface area contributed by atoms with Crippen LogP contribution >= 0.6 is 11.8 Å². The molecular weight excluding hydrogens is 236 g/mol. The van der Waals surface area contributed by atoms with E-state index in [9.17, 15) is 4.79 Å². The highest BCUT2D eigenvalue weighted by molar-refractivity contribution is 7.98. The van der Waals surface area contributed by atoms with Crippen molar-refractivity contribution in [2.75, 3.05) is 6.26 Å².